The number of aliphatic hydroxyl groups is 1. The quantitative estimate of drug-likeness (QED) is 0.588. The molecule has 102 valence electrons. The van der Waals surface area contributed by atoms with Gasteiger partial charge in [-0.15, -0.1) is 0 Å². The Morgan fingerprint density at radius 1 is 1.00 bits per heavy atom. The first kappa shape index (κ1) is 15.0. The van der Waals surface area contributed by atoms with Gasteiger partial charge in [0, 0.05) is 12.0 Å². The summed E-state index contributed by atoms with van der Waals surface area (Å²) in [6.07, 6.45) is 13.1. The van der Waals surface area contributed by atoms with E-state index in [4.69, 9.17) is 4.74 Å². The van der Waals surface area contributed by atoms with Crippen LogP contribution in [0.25, 0.3) is 0 Å². The highest BCUT2D eigenvalue weighted by molar-refractivity contribution is 4.82. The molecule has 0 spiro atoms. The topological polar surface area (TPSA) is 29.5 Å². The molecular weight excluding hydrogens is 212 g/mol. The van der Waals surface area contributed by atoms with Crippen molar-refractivity contribution in [2.75, 3.05) is 19.8 Å². The van der Waals surface area contributed by atoms with Gasteiger partial charge in [-0.1, -0.05) is 58.3 Å². The van der Waals surface area contributed by atoms with Crippen LogP contribution in [0.2, 0.25) is 0 Å². The van der Waals surface area contributed by atoms with Crippen molar-refractivity contribution in [1.82, 2.24) is 0 Å². The van der Waals surface area contributed by atoms with Gasteiger partial charge < -0.3 is 9.84 Å². The highest BCUT2D eigenvalue weighted by Crippen LogP contribution is 2.33. The zero-order chi connectivity index (χ0) is 12.4. The van der Waals surface area contributed by atoms with Crippen molar-refractivity contribution in [2.24, 2.45) is 5.41 Å². The van der Waals surface area contributed by atoms with Gasteiger partial charge in [0.15, 0.2) is 0 Å². The van der Waals surface area contributed by atoms with Gasteiger partial charge >= 0.3 is 0 Å². The van der Waals surface area contributed by atoms with Crippen molar-refractivity contribution in [3.63, 3.8) is 0 Å². The fourth-order valence-corrected chi connectivity index (χ4v) is 2.68. The Morgan fingerprint density at radius 2 is 1.65 bits per heavy atom. The normalized spacial score (nSPS) is 24.4. The van der Waals surface area contributed by atoms with Gasteiger partial charge in [0.1, 0.15) is 0 Å². The van der Waals surface area contributed by atoms with Crippen LogP contribution in [0, 0.1) is 5.41 Å². The summed E-state index contributed by atoms with van der Waals surface area (Å²) in [6.45, 7) is 4.19. The lowest BCUT2D eigenvalue weighted by molar-refractivity contribution is 0.0842. The summed E-state index contributed by atoms with van der Waals surface area (Å²) in [4.78, 5) is 0. The first-order chi connectivity index (χ1) is 8.33. The average molecular weight is 242 g/mol. The molecule has 0 aromatic heterocycles. The highest BCUT2D eigenvalue weighted by Gasteiger charge is 2.33. The minimum atomic E-state index is 0.113. The molecule has 0 aliphatic carbocycles. The fraction of sp³-hybridized carbons (Fsp3) is 1.00. The number of rotatable bonds is 10. The van der Waals surface area contributed by atoms with Gasteiger partial charge in [-0.2, -0.15) is 0 Å². The fourth-order valence-electron chi connectivity index (χ4n) is 2.68. The Morgan fingerprint density at radius 3 is 2.18 bits per heavy atom. The molecule has 0 saturated carbocycles. The Labute approximate surface area is 107 Å². The third kappa shape index (κ3) is 5.87. The molecule has 17 heavy (non-hydrogen) atoms. The summed E-state index contributed by atoms with van der Waals surface area (Å²) in [5.74, 6) is 0. The molecule has 2 nitrogen and oxygen atoms in total. The molecule has 1 rings (SSSR count). The first-order valence-electron chi connectivity index (χ1n) is 7.51. The lowest BCUT2D eigenvalue weighted by Crippen LogP contribution is -2.25. The first-order valence-corrected chi connectivity index (χ1v) is 7.51. The molecule has 0 radical (unpaired) electrons. The maximum absolute atomic E-state index is 9.44. The van der Waals surface area contributed by atoms with Crippen LogP contribution in [0.5, 0.6) is 0 Å². The van der Waals surface area contributed by atoms with Gasteiger partial charge in [-0.3, -0.25) is 0 Å². The number of aliphatic hydroxyl groups excluding tert-OH is 1. The second kappa shape index (κ2) is 8.93. The molecule has 1 fully saturated rings. The molecule has 2 heteroatoms. The van der Waals surface area contributed by atoms with Crippen LogP contribution in [0.4, 0.5) is 0 Å². The molecular formula is C15H30O2. The maximum atomic E-state index is 9.44. The van der Waals surface area contributed by atoms with Crippen LogP contribution in [-0.4, -0.2) is 24.9 Å². The molecule has 0 aromatic carbocycles. The third-order valence-electron chi connectivity index (χ3n) is 4.08. The lowest BCUT2D eigenvalue weighted by Gasteiger charge is -2.24. The second-order valence-electron chi connectivity index (χ2n) is 5.69. The Bertz CT molecular complexity index is 174. The minimum absolute atomic E-state index is 0.113. The SMILES string of the molecule is CCCCCCCCCCC1(CO)CCOC1. The van der Waals surface area contributed by atoms with E-state index in [-0.39, 0.29) is 5.41 Å². The zero-order valence-electron chi connectivity index (χ0n) is 11.5. The zero-order valence-corrected chi connectivity index (χ0v) is 11.5. The van der Waals surface area contributed by atoms with Crippen LogP contribution in [-0.2, 0) is 4.74 Å². The largest absolute Gasteiger partial charge is 0.396 e. The number of hydrogen-bond acceptors (Lipinski definition) is 2. The predicted octanol–water partition coefficient (Wildman–Crippen LogP) is 3.92. The van der Waals surface area contributed by atoms with E-state index in [0.29, 0.717) is 6.61 Å². The van der Waals surface area contributed by atoms with E-state index in [0.717, 1.165) is 26.1 Å². The Hall–Kier alpha value is -0.0800. The summed E-state index contributed by atoms with van der Waals surface area (Å²) in [5.41, 5.74) is 0.113. The molecule has 0 amide bonds. The summed E-state index contributed by atoms with van der Waals surface area (Å²) >= 11 is 0. The molecule has 1 aliphatic rings. The van der Waals surface area contributed by atoms with Gasteiger partial charge in [0.05, 0.1) is 13.2 Å². The van der Waals surface area contributed by atoms with Crippen molar-refractivity contribution >= 4 is 0 Å². The van der Waals surface area contributed by atoms with E-state index in [1.807, 2.05) is 0 Å². The number of ether oxygens (including phenoxy) is 1. The summed E-state index contributed by atoms with van der Waals surface area (Å²) in [6, 6.07) is 0. The van der Waals surface area contributed by atoms with Gasteiger partial charge in [-0.05, 0) is 12.8 Å². The molecule has 1 aliphatic heterocycles. The molecule has 1 saturated heterocycles. The Balaban J connectivity index is 1.92. The van der Waals surface area contributed by atoms with Gasteiger partial charge in [-0.25, -0.2) is 0 Å². The Kier molecular flexibility index (Phi) is 7.87. The van der Waals surface area contributed by atoms with Crippen molar-refractivity contribution in [3.05, 3.63) is 0 Å². The molecule has 1 atom stereocenters. The maximum Gasteiger partial charge on any atom is 0.0545 e. The molecule has 0 bridgehead atoms. The summed E-state index contributed by atoms with van der Waals surface area (Å²) < 4.78 is 5.41. The average Bonchev–Trinajstić information content (AvgIpc) is 2.82. The standard InChI is InChI=1S/C15H30O2/c1-2-3-4-5-6-7-8-9-10-15(13-16)11-12-17-14-15/h16H,2-14H2,1H3. The molecule has 1 unspecified atom stereocenters. The van der Waals surface area contributed by atoms with Gasteiger partial charge in [0.2, 0.25) is 0 Å². The highest BCUT2D eigenvalue weighted by atomic mass is 16.5. The van der Waals surface area contributed by atoms with Crippen LogP contribution >= 0.6 is 0 Å². The second-order valence-corrected chi connectivity index (χ2v) is 5.69. The van der Waals surface area contributed by atoms with Crippen molar-refractivity contribution in [3.8, 4) is 0 Å². The van der Waals surface area contributed by atoms with E-state index in [1.54, 1.807) is 0 Å². The number of unbranched alkanes of at least 4 members (excludes halogenated alkanes) is 7. The van der Waals surface area contributed by atoms with Crippen molar-refractivity contribution in [2.45, 2.75) is 71.1 Å². The smallest absolute Gasteiger partial charge is 0.0545 e. The van der Waals surface area contributed by atoms with E-state index in [2.05, 4.69) is 6.92 Å². The van der Waals surface area contributed by atoms with E-state index in [9.17, 15) is 5.11 Å². The van der Waals surface area contributed by atoms with Crippen LogP contribution in [0.15, 0.2) is 0 Å². The summed E-state index contributed by atoms with van der Waals surface area (Å²) in [5, 5.41) is 9.44. The van der Waals surface area contributed by atoms with Crippen LogP contribution < -0.4 is 0 Å². The third-order valence-corrected chi connectivity index (χ3v) is 4.08. The van der Waals surface area contributed by atoms with Gasteiger partial charge in [0.25, 0.3) is 0 Å². The van der Waals surface area contributed by atoms with Crippen molar-refractivity contribution in [1.29, 1.82) is 0 Å². The minimum Gasteiger partial charge on any atom is -0.396 e. The van der Waals surface area contributed by atoms with E-state index < -0.39 is 0 Å². The van der Waals surface area contributed by atoms with Crippen LogP contribution in [0.3, 0.4) is 0 Å². The van der Waals surface area contributed by atoms with E-state index in [1.165, 1.54) is 51.4 Å². The van der Waals surface area contributed by atoms with E-state index >= 15 is 0 Å². The lowest BCUT2D eigenvalue weighted by atomic mass is 9.83. The monoisotopic (exact) mass is 242 g/mol. The van der Waals surface area contributed by atoms with Crippen LogP contribution in [0.1, 0.15) is 71.1 Å². The van der Waals surface area contributed by atoms with Crippen molar-refractivity contribution < 1.29 is 9.84 Å². The molecule has 0 aromatic rings. The molecule has 1 N–H and O–H groups in total. The predicted molar refractivity (Wildman–Crippen MR) is 72.2 cm³/mol. The summed E-state index contributed by atoms with van der Waals surface area (Å²) in [7, 11) is 0. The molecule has 1 heterocycles. The number of hydrogen-bond donors (Lipinski definition) is 1.